The number of rotatable bonds is 5. The predicted octanol–water partition coefficient (Wildman–Crippen LogP) is 2.74. The van der Waals surface area contributed by atoms with Gasteiger partial charge >= 0.3 is 5.97 Å². The summed E-state index contributed by atoms with van der Waals surface area (Å²) in [5.41, 5.74) is 1.17. The molecule has 0 aromatic heterocycles. The van der Waals surface area contributed by atoms with Crippen molar-refractivity contribution in [1.29, 1.82) is 0 Å². The number of anilines is 1. The van der Waals surface area contributed by atoms with Crippen LogP contribution in [0.4, 0.5) is 10.1 Å². The molecular weight excluding hydrogens is 357 g/mol. The zero-order chi connectivity index (χ0) is 19.6. The average Bonchev–Trinajstić information content (AvgIpc) is 2.77. The van der Waals surface area contributed by atoms with E-state index in [4.69, 9.17) is 19.3 Å². The number of nitrogens with one attached hydrogen (secondary N) is 1. The maximum absolute atomic E-state index is 13.9. The molecule has 142 valence electrons. The van der Waals surface area contributed by atoms with Gasteiger partial charge in [0.25, 0.3) is 5.91 Å². The van der Waals surface area contributed by atoms with E-state index in [1.165, 1.54) is 32.4 Å². The number of carboxylic acid groups (broad SMARTS) is 1. The van der Waals surface area contributed by atoms with Gasteiger partial charge in [-0.25, -0.2) is 4.39 Å². The van der Waals surface area contributed by atoms with Gasteiger partial charge in [0.2, 0.25) is 0 Å². The summed E-state index contributed by atoms with van der Waals surface area (Å²) in [6.45, 7) is 0. The lowest BCUT2D eigenvalue weighted by Crippen LogP contribution is -2.31. The first-order valence-corrected chi connectivity index (χ1v) is 8.13. The van der Waals surface area contributed by atoms with Gasteiger partial charge in [-0.1, -0.05) is 12.1 Å². The minimum atomic E-state index is -1.26. The second-order valence-corrected chi connectivity index (χ2v) is 5.91. The molecule has 1 aliphatic heterocycles. The molecule has 8 heteroatoms. The van der Waals surface area contributed by atoms with Gasteiger partial charge in [0.05, 0.1) is 20.6 Å². The van der Waals surface area contributed by atoms with Gasteiger partial charge in [-0.3, -0.25) is 9.59 Å². The van der Waals surface area contributed by atoms with Crippen molar-refractivity contribution in [2.45, 2.75) is 18.6 Å². The Balaban J connectivity index is 2.18. The largest absolute Gasteiger partial charge is 0.493 e. The molecule has 0 aliphatic carbocycles. The van der Waals surface area contributed by atoms with Crippen molar-refractivity contribution in [2.24, 2.45) is 0 Å². The number of aliphatic carboxylic acids is 1. The Bertz CT molecular complexity index is 884. The molecule has 0 fully saturated rings. The number of fused-ring (bicyclic) bond motifs is 1. The Morgan fingerprint density at radius 1 is 1.22 bits per heavy atom. The van der Waals surface area contributed by atoms with Gasteiger partial charge in [-0.05, 0) is 24.3 Å². The van der Waals surface area contributed by atoms with Crippen LogP contribution in [-0.2, 0) is 14.3 Å². The van der Waals surface area contributed by atoms with E-state index in [0.29, 0.717) is 28.3 Å². The van der Waals surface area contributed by atoms with E-state index in [9.17, 15) is 14.0 Å². The number of para-hydroxylation sites is 1. The number of amides is 1. The topological polar surface area (TPSA) is 94.1 Å². The van der Waals surface area contributed by atoms with Gasteiger partial charge < -0.3 is 24.6 Å². The average molecular weight is 375 g/mol. The first-order chi connectivity index (χ1) is 12.9. The highest BCUT2D eigenvalue weighted by Gasteiger charge is 2.35. The van der Waals surface area contributed by atoms with Gasteiger partial charge in [0, 0.05) is 16.8 Å². The molecule has 7 nitrogen and oxygen atoms in total. The number of methoxy groups -OCH3 is 2. The Morgan fingerprint density at radius 3 is 2.67 bits per heavy atom. The second kappa shape index (κ2) is 7.63. The highest BCUT2D eigenvalue weighted by Crippen LogP contribution is 2.43. The van der Waals surface area contributed by atoms with E-state index in [-0.39, 0.29) is 0 Å². The van der Waals surface area contributed by atoms with Crippen molar-refractivity contribution >= 4 is 17.6 Å². The Labute approximate surface area is 154 Å². The van der Waals surface area contributed by atoms with E-state index in [2.05, 4.69) is 5.32 Å². The molecule has 2 aromatic rings. The van der Waals surface area contributed by atoms with Crippen molar-refractivity contribution < 1.29 is 33.3 Å². The molecule has 3 rings (SSSR count). The summed E-state index contributed by atoms with van der Waals surface area (Å²) >= 11 is 0. The number of halogens is 1. The minimum absolute atomic E-state index is 0.337. The van der Waals surface area contributed by atoms with E-state index in [1.807, 2.05) is 0 Å². The van der Waals surface area contributed by atoms with Gasteiger partial charge in [-0.15, -0.1) is 0 Å². The first-order valence-electron chi connectivity index (χ1n) is 8.13. The van der Waals surface area contributed by atoms with E-state index in [0.717, 1.165) is 0 Å². The van der Waals surface area contributed by atoms with Gasteiger partial charge in [0.1, 0.15) is 18.0 Å². The fraction of sp³-hybridized carbons (Fsp3) is 0.263. The fourth-order valence-corrected chi connectivity index (χ4v) is 3.04. The molecule has 1 heterocycles. The zero-order valence-corrected chi connectivity index (χ0v) is 14.7. The number of hydrogen-bond donors (Lipinski definition) is 2. The molecule has 0 spiro atoms. The van der Waals surface area contributed by atoms with E-state index >= 15 is 0 Å². The number of carbonyl (C=O) groups is 2. The third-order valence-electron chi connectivity index (χ3n) is 4.22. The maximum atomic E-state index is 13.9. The first kappa shape index (κ1) is 18.7. The maximum Gasteiger partial charge on any atom is 0.306 e. The molecule has 2 aromatic carbocycles. The number of hydrogen-bond acceptors (Lipinski definition) is 5. The van der Waals surface area contributed by atoms with Crippen molar-refractivity contribution in [2.75, 3.05) is 19.5 Å². The van der Waals surface area contributed by atoms with Crippen molar-refractivity contribution in [1.82, 2.24) is 0 Å². The summed E-state index contributed by atoms with van der Waals surface area (Å²) in [7, 11) is 2.92. The van der Waals surface area contributed by atoms with Gasteiger partial charge in [-0.2, -0.15) is 0 Å². The van der Waals surface area contributed by atoms with Crippen LogP contribution in [0.3, 0.4) is 0 Å². The molecule has 0 saturated heterocycles. The van der Waals surface area contributed by atoms with E-state index < -0.39 is 36.3 Å². The van der Waals surface area contributed by atoms with Crippen LogP contribution in [0.2, 0.25) is 0 Å². The van der Waals surface area contributed by atoms with Crippen molar-refractivity contribution in [3.05, 3.63) is 53.3 Å². The fourth-order valence-electron chi connectivity index (χ4n) is 3.04. The van der Waals surface area contributed by atoms with Crippen LogP contribution < -0.4 is 14.8 Å². The molecule has 2 atom stereocenters. The molecular formula is C19H18FNO6. The quantitative estimate of drug-likeness (QED) is 0.835. The molecule has 0 radical (unpaired) electrons. The molecule has 0 saturated carbocycles. The molecule has 1 aliphatic rings. The molecule has 0 unspecified atom stereocenters. The number of benzene rings is 2. The minimum Gasteiger partial charge on any atom is -0.493 e. The lowest BCUT2D eigenvalue weighted by molar-refractivity contribution is -0.146. The van der Waals surface area contributed by atoms with Crippen molar-refractivity contribution in [3.63, 3.8) is 0 Å². The van der Waals surface area contributed by atoms with Gasteiger partial charge in [0.15, 0.2) is 11.5 Å². The zero-order valence-electron chi connectivity index (χ0n) is 14.7. The molecule has 27 heavy (non-hydrogen) atoms. The summed E-state index contributed by atoms with van der Waals surface area (Å²) in [4.78, 5) is 23.6. The van der Waals surface area contributed by atoms with Crippen LogP contribution in [0.5, 0.6) is 11.5 Å². The van der Waals surface area contributed by atoms with Crippen LogP contribution in [0.25, 0.3) is 0 Å². The summed E-state index contributed by atoms with van der Waals surface area (Å²) in [6.07, 6.45) is -2.74. The van der Waals surface area contributed by atoms with Crippen LogP contribution in [0.1, 0.15) is 23.7 Å². The van der Waals surface area contributed by atoms with Crippen LogP contribution in [-0.4, -0.2) is 37.3 Å². The smallest absolute Gasteiger partial charge is 0.306 e. The number of carboxylic acids is 1. The lowest BCUT2D eigenvalue weighted by Gasteiger charge is -2.23. The van der Waals surface area contributed by atoms with E-state index in [1.54, 1.807) is 18.2 Å². The SMILES string of the molecule is COc1cccc([C@H]2O[C@H](CC(=O)O)C(=O)Nc3ccc(F)cc32)c1OC. The Hall–Kier alpha value is -3.13. The molecule has 0 bridgehead atoms. The third kappa shape index (κ3) is 3.70. The van der Waals surface area contributed by atoms with Crippen LogP contribution in [0, 0.1) is 5.82 Å². The third-order valence-corrected chi connectivity index (χ3v) is 4.22. The predicted molar refractivity (Wildman–Crippen MR) is 93.5 cm³/mol. The van der Waals surface area contributed by atoms with Crippen LogP contribution in [0.15, 0.2) is 36.4 Å². The van der Waals surface area contributed by atoms with Crippen molar-refractivity contribution in [3.8, 4) is 11.5 Å². The molecule has 2 N–H and O–H groups in total. The Morgan fingerprint density at radius 2 is 2.00 bits per heavy atom. The standard InChI is InChI=1S/C19H18FNO6/c1-25-14-5-3-4-11(18(14)26-2)17-12-8-10(20)6-7-13(12)21-19(24)15(27-17)9-16(22)23/h3-8,15,17H,9H2,1-2H3,(H,21,24)(H,22,23)/t15-,17-/m1/s1. The second-order valence-electron chi connectivity index (χ2n) is 5.91. The lowest BCUT2D eigenvalue weighted by atomic mass is 9.98. The summed E-state index contributed by atoms with van der Waals surface area (Å²) < 4.78 is 30.5. The highest BCUT2D eigenvalue weighted by molar-refractivity contribution is 5.97. The Kier molecular flexibility index (Phi) is 5.27. The highest BCUT2D eigenvalue weighted by atomic mass is 19.1. The normalized spacial score (nSPS) is 18.9. The monoisotopic (exact) mass is 375 g/mol. The summed E-state index contributed by atoms with van der Waals surface area (Å²) in [5, 5.41) is 11.7. The van der Waals surface area contributed by atoms with Crippen LogP contribution >= 0.6 is 0 Å². The summed E-state index contributed by atoms with van der Waals surface area (Å²) in [5.74, 6) is -1.55. The number of carbonyl (C=O) groups excluding carboxylic acids is 1. The summed E-state index contributed by atoms with van der Waals surface area (Å²) in [6, 6.07) is 8.93. The molecule has 1 amide bonds. The number of ether oxygens (including phenoxy) is 3.